The quantitative estimate of drug-likeness (QED) is 0.865. The van der Waals surface area contributed by atoms with E-state index < -0.39 is 0 Å². The Morgan fingerprint density at radius 3 is 2.16 bits per heavy atom. The van der Waals surface area contributed by atoms with Crippen LogP contribution in [0.5, 0.6) is 0 Å². The van der Waals surface area contributed by atoms with Crippen LogP contribution >= 0.6 is 12.4 Å². The average molecular weight is 363 g/mol. The van der Waals surface area contributed by atoms with Gasteiger partial charge in [-0.2, -0.15) is 0 Å². The van der Waals surface area contributed by atoms with Gasteiger partial charge in [-0.1, -0.05) is 36.8 Å². The van der Waals surface area contributed by atoms with Gasteiger partial charge in [0.25, 0.3) is 0 Å². The molecule has 4 rings (SSSR count). The normalized spacial score (nSPS) is 32.8. The number of fused-ring (bicyclic) bond motifs is 2. The number of nitrogens with two attached hydrogens (primary N) is 1. The van der Waals surface area contributed by atoms with Gasteiger partial charge in [0, 0.05) is 25.0 Å². The summed E-state index contributed by atoms with van der Waals surface area (Å²) in [6.07, 6.45) is 8.06. The number of carbonyl (C=O) groups excluding carboxylic acids is 1. The molecule has 1 saturated heterocycles. The van der Waals surface area contributed by atoms with Crippen LogP contribution in [-0.4, -0.2) is 29.9 Å². The number of nitrogens with zero attached hydrogens (tertiary/aromatic N) is 1. The smallest absolute Gasteiger partial charge is 0.225 e. The molecule has 3 nitrogen and oxygen atoms in total. The third-order valence-corrected chi connectivity index (χ3v) is 6.84. The van der Waals surface area contributed by atoms with Crippen LogP contribution in [0.25, 0.3) is 0 Å². The van der Waals surface area contributed by atoms with Crippen LogP contribution in [0.15, 0.2) is 30.3 Å². The summed E-state index contributed by atoms with van der Waals surface area (Å²) in [5, 5.41) is 0. The van der Waals surface area contributed by atoms with Crippen LogP contribution in [0.2, 0.25) is 0 Å². The van der Waals surface area contributed by atoms with Gasteiger partial charge in [0.05, 0.1) is 0 Å². The Morgan fingerprint density at radius 1 is 0.960 bits per heavy atom. The fourth-order valence-electron chi connectivity index (χ4n) is 5.41. The first-order chi connectivity index (χ1) is 11.7. The van der Waals surface area contributed by atoms with Crippen LogP contribution < -0.4 is 5.73 Å². The Balaban J connectivity index is 0.00000182. The number of piperidine rings is 1. The highest BCUT2D eigenvalue weighted by molar-refractivity contribution is 5.85. The van der Waals surface area contributed by atoms with E-state index in [1.807, 2.05) is 0 Å². The minimum atomic E-state index is 0. The second-order valence-electron chi connectivity index (χ2n) is 8.21. The monoisotopic (exact) mass is 362 g/mol. The third-order valence-electron chi connectivity index (χ3n) is 6.84. The van der Waals surface area contributed by atoms with Crippen molar-refractivity contribution in [1.82, 2.24) is 4.90 Å². The summed E-state index contributed by atoms with van der Waals surface area (Å²) in [4.78, 5) is 15.2. The van der Waals surface area contributed by atoms with E-state index in [1.54, 1.807) is 0 Å². The molecule has 2 unspecified atom stereocenters. The Morgan fingerprint density at radius 2 is 1.56 bits per heavy atom. The van der Waals surface area contributed by atoms with Crippen LogP contribution in [0.1, 0.15) is 56.4 Å². The van der Waals surface area contributed by atoms with Crippen LogP contribution in [0.3, 0.4) is 0 Å². The molecular formula is C21H31ClN2O. The van der Waals surface area contributed by atoms with Crippen molar-refractivity contribution in [2.45, 2.75) is 56.9 Å². The van der Waals surface area contributed by atoms with Crippen molar-refractivity contribution in [3.63, 3.8) is 0 Å². The highest BCUT2D eigenvalue weighted by Gasteiger charge is 2.42. The molecule has 0 aromatic heterocycles. The Hall–Kier alpha value is -1.06. The summed E-state index contributed by atoms with van der Waals surface area (Å²) in [5.74, 6) is 2.47. The lowest BCUT2D eigenvalue weighted by molar-refractivity contribution is -0.139. The number of hydrogen-bond acceptors (Lipinski definition) is 2. The zero-order chi connectivity index (χ0) is 16.5. The van der Waals surface area contributed by atoms with Crippen molar-refractivity contribution < 1.29 is 4.79 Å². The summed E-state index contributed by atoms with van der Waals surface area (Å²) in [6, 6.07) is 11.1. The standard InChI is InChI=1S/C21H30N2O.ClH/c22-20-17-7-4-8-18(20)14-19(13-17)21(24)23-11-9-16(10-12-23)15-5-2-1-3-6-15;/h1-3,5-6,16-20H,4,7-14,22H2;1H. The maximum Gasteiger partial charge on any atom is 0.225 e. The molecule has 1 amide bonds. The van der Waals surface area contributed by atoms with Gasteiger partial charge in [-0.3, -0.25) is 4.79 Å². The number of hydrogen-bond donors (Lipinski definition) is 1. The molecule has 0 radical (unpaired) electrons. The predicted octanol–water partition coefficient (Wildman–Crippen LogP) is 3.97. The van der Waals surface area contributed by atoms with E-state index in [0.29, 0.717) is 29.7 Å². The van der Waals surface area contributed by atoms with E-state index in [1.165, 1.54) is 24.8 Å². The number of benzene rings is 1. The molecule has 3 fully saturated rings. The van der Waals surface area contributed by atoms with Crippen molar-refractivity contribution in [2.24, 2.45) is 23.5 Å². The van der Waals surface area contributed by atoms with Crippen molar-refractivity contribution in [2.75, 3.05) is 13.1 Å². The first kappa shape index (κ1) is 18.7. The van der Waals surface area contributed by atoms with Crippen molar-refractivity contribution in [3.8, 4) is 0 Å². The molecule has 2 aliphatic carbocycles. The number of halogens is 1. The lowest BCUT2D eigenvalue weighted by Crippen LogP contribution is -2.50. The van der Waals surface area contributed by atoms with Gasteiger partial charge in [0.2, 0.25) is 5.91 Å². The Bertz CT molecular complexity index is 557. The van der Waals surface area contributed by atoms with E-state index in [-0.39, 0.29) is 18.3 Å². The van der Waals surface area contributed by atoms with E-state index in [9.17, 15) is 4.79 Å². The fourth-order valence-corrected chi connectivity index (χ4v) is 5.41. The Kier molecular flexibility index (Phi) is 6.06. The lowest BCUT2D eigenvalue weighted by Gasteiger charge is -2.45. The van der Waals surface area contributed by atoms with Gasteiger partial charge in [0.15, 0.2) is 0 Å². The first-order valence-electron chi connectivity index (χ1n) is 9.81. The van der Waals surface area contributed by atoms with Gasteiger partial charge in [-0.25, -0.2) is 0 Å². The van der Waals surface area contributed by atoms with Crippen molar-refractivity contribution in [1.29, 1.82) is 0 Å². The first-order valence-corrected chi connectivity index (χ1v) is 9.81. The minimum Gasteiger partial charge on any atom is -0.342 e. The SMILES string of the molecule is Cl.NC1C2CCCC1CC(C(=O)N1CCC(c3ccccc3)CC1)C2. The number of amides is 1. The number of likely N-dealkylation sites (tertiary alicyclic amines) is 1. The highest BCUT2D eigenvalue weighted by Crippen LogP contribution is 2.42. The largest absolute Gasteiger partial charge is 0.342 e. The van der Waals surface area contributed by atoms with E-state index in [4.69, 9.17) is 5.73 Å². The predicted molar refractivity (Wildman–Crippen MR) is 104 cm³/mol. The summed E-state index contributed by atoms with van der Waals surface area (Å²) in [5.41, 5.74) is 7.82. The maximum atomic E-state index is 13.0. The molecule has 2 bridgehead atoms. The molecule has 25 heavy (non-hydrogen) atoms. The van der Waals surface area contributed by atoms with Crippen LogP contribution in [0, 0.1) is 17.8 Å². The fraction of sp³-hybridized carbons (Fsp3) is 0.667. The topological polar surface area (TPSA) is 46.3 Å². The van der Waals surface area contributed by atoms with Gasteiger partial charge in [-0.05, 0) is 61.8 Å². The van der Waals surface area contributed by atoms with Crippen LogP contribution in [-0.2, 0) is 4.79 Å². The molecular weight excluding hydrogens is 332 g/mol. The molecule has 1 heterocycles. The summed E-state index contributed by atoms with van der Waals surface area (Å²) < 4.78 is 0. The molecule has 1 aromatic carbocycles. The average Bonchev–Trinajstić information content (AvgIpc) is 2.62. The zero-order valence-electron chi connectivity index (χ0n) is 15.0. The number of carbonyl (C=O) groups is 1. The third kappa shape index (κ3) is 3.88. The number of rotatable bonds is 2. The second kappa shape index (κ2) is 8.09. The zero-order valence-corrected chi connectivity index (χ0v) is 15.8. The molecule has 2 saturated carbocycles. The summed E-state index contributed by atoms with van der Waals surface area (Å²) in [6.45, 7) is 1.85. The van der Waals surface area contributed by atoms with E-state index >= 15 is 0 Å². The molecule has 1 aromatic rings. The van der Waals surface area contributed by atoms with Gasteiger partial charge < -0.3 is 10.6 Å². The molecule has 2 N–H and O–H groups in total. The van der Waals surface area contributed by atoms with Crippen LogP contribution in [0.4, 0.5) is 0 Å². The van der Waals surface area contributed by atoms with Gasteiger partial charge >= 0.3 is 0 Å². The van der Waals surface area contributed by atoms with Gasteiger partial charge in [-0.15, -0.1) is 12.4 Å². The van der Waals surface area contributed by atoms with E-state index in [2.05, 4.69) is 35.2 Å². The van der Waals surface area contributed by atoms with Crippen molar-refractivity contribution >= 4 is 18.3 Å². The highest BCUT2D eigenvalue weighted by atomic mass is 35.5. The maximum absolute atomic E-state index is 13.0. The second-order valence-corrected chi connectivity index (χ2v) is 8.21. The molecule has 1 aliphatic heterocycles. The van der Waals surface area contributed by atoms with Crippen molar-refractivity contribution in [3.05, 3.63) is 35.9 Å². The van der Waals surface area contributed by atoms with Gasteiger partial charge in [0.1, 0.15) is 0 Å². The molecule has 0 spiro atoms. The summed E-state index contributed by atoms with van der Waals surface area (Å²) >= 11 is 0. The molecule has 2 atom stereocenters. The minimum absolute atomic E-state index is 0. The molecule has 4 heteroatoms. The molecule has 138 valence electrons. The molecule has 3 aliphatic rings. The Labute approximate surface area is 157 Å². The lowest BCUT2D eigenvalue weighted by atomic mass is 9.65. The summed E-state index contributed by atoms with van der Waals surface area (Å²) in [7, 11) is 0. The van der Waals surface area contributed by atoms with E-state index in [0.717, 1.165) is 38.8 Å².